The maximum absolute atomic E-state index is 14.3. The summed E-state index contributed by atoms with van der Waals surface area (Å²) >= 11 is 1.28. The molecule has 178 valence electrons. The first-order chi connectivity index (χ1) is 16.2. The zero-order chi connectivity index (χ0) is 24.0. The fourth-order valence-corrected chi connectivity index (χ4v) is 5.69. The molecule has 3 aromatic heterocycles. The second-order valence-electron chi connectivity index (χ2n) is 8.93. The molecule has 5 rings (SSSR count). The van der Waals surface area contributed by atoms with Crippen molar-refractivity contribution in [2.75, 3.05) is 11.9 Å². The summed E-state index contributed by atoms with van der Waals surface area (Å²) in [4.78, 5) is 26.9. The molecular formula is C24H24F2N4O3S. The molecule has 1 saturated carbocycles. The molecule has 1 fully saturated rings. The number of aliphatic hydroxyl groups excluding tert-OH is 1. The largest absolute Gasteiger partial charge is 0.393 e. The van der Waals surface area contributed by atoms with Gasteiger partial charge in [0.25, 0.3) is 0 Å². The van der Waals surface area contributed by atoms with Crippen molar-refractivity contribution in [3.63, 3.8) is 0 Å². The molecule has 0 unspecified atom stereocenters. The third-order valence-electron chi connectivity index (χ3n) is 6.50. The highest BCUT2D eigenvalue weighted by Gasteiger charge is 2.44. The van der Waals surface area contributed by atoms with Gasteiger partial charge in [0.1, 0.15) is 30.5 Å². The van der Waals surface area contributed by atoms with Crippen molar-refractivity contribution in [2.24, 2.45) is 5.92 Å². The molecule has 34 heavy (non-hydrogen) atoms. The number of rotatable bonds is 5. The maximum Gasteiger partial charge on any atom is 0.312 e. The Kier molecular flexibility index (Phi) is 5.91. The topological polar surface area (TPSA) is 97.2 Å². The highest BCUT2D eigenvalue weighted by Crippen LogP contribution is 2.44. The number of carbonyl (C=O) groups is 1. The molecule has 0 saturated heterocycles. The molecule has 0 amide bonds. The average Bonchev–Trinajstić information content (AvgIpc) is 3.35. The minimum atomic E-state index is -3.16. The molecule has 7 nitrogen and oxygen atoms in total. The molecule has 3 aromatic rings. The number of anilines is 1. The van der Waals surface area contributed by atoms with E-state index in [0.717, 1.165) is 11.3 Å². The predicted octanol–water partition coefficient (Wildman–Crippen LogP) is 4.26. The van der Waals surface area contributed by atoms with E-state index < -0.39 is 18.6 Å². The molecule has 2 aliphatic rings. The summed E-state index contributed by atoms with van der Waals surface area (Å²) in [5.74, 6) is -2.84. The quantitative estimate of drug-likeness (QED) is 0.520. The van der Waals surface area contributed by atoms with Crippen molar-refractivity contribution >= 4 is 22.9 Å². The fourth-order valence-electron chi connectivity index (χ4n) is 4.69. The number of aryl methyl sites for hydroxylation is 1. The molecule has 1 aliphatic heterocycles. The van der Waals surface area contributed by atoms with E-state index in [1.54, 1.807) is 18.2 Å². The summed E-state index contributed by atoms with van der Waals surface area (Å²) in [6, 6.07) is 4.90. The lowest BCUT2D eigenvalue weighted by Crippen LogP contribution is -2.32. The fraction of sp³-hybridized carbons (Fsp3) is 0.417. The number of aromatic nitrogens is 3. The summed E-state index contributed by atoms with van der Waals surface area (Å²) in [5.41, 5.74) is 0.998. The summed E-state index contributed by atoms with van der Waals surface area (Å²) in [6.45, 7) is 3.06. The number of hydrogen-bond donors (Lipinski definition) is 2. The van der Waals surface area contributed by atoms with Crippen molar-refractivity contribution in [1.29, 1.82) is 0 Å². The Morgan fingerprint density at radius 1 is 1.29 bits per heavy atom. The van der Waals surface area contributed by atoms with Crippen LogP contribution in [-0.4, -0.2) is 44.6 Å². The summed E-state index contributed by atoms with van der Waals surface area (Å²) in [7, 11) is 0. The number of nitrogens with one attached hydrogen (secondary N) is 1. The van der Waals surface area contributed by atoms with Crippen LogP contribution in [-0.2, 0) is 10.7 Å². The van der Waals surface area contributed by atoms with Crippen molar-refractivity contribution in [2.45, 2.75) is 50.9 Å². The lowest BCUT2D eigenvalue weighted by molar-refractivity contribution is -0.119. The number of thiophene rings is 1. The first-order valence-electron chi connectivity index (χ1n) is 11.1. The number of fused-ring (bicyclic) bond motifs is 1. The number of hydrogen-bond acceptors (Lipinski definition) is 8. The van der Waals surface area contributed by atoms with Crippen molar-refractivity contribution < 1.29 is 23.4 Å². The lowest BCUT2D eigenvalue weighted by atomic mass is 9.95. The minimum absolute atomic E-state index is 0.00777. The van der Waals surface area contributed by atoms with E-state index in [-0.39, 0.29) is 29.5 Å². The van der Waals surface area contributed by atoms with Crippen LogP contribution in [0.1, 0.15) is 62.8 Å². The van der Waals surface area contributed by atoms with Crippen LogP contribution in [0.25, 0.3) is 0 Å². The molecule has 0 radical (unpaired) electrons. The zero-order valence-corrected chi connectivity index (χ0v) is 19.5. The number of ketones is 1. The maximum atomic E-state index is 14.3. The van der Waals surface area contributed by atoms with Crippen LogP contribution in [0.4, 0.5) is 14.6 Å². The first-order valence-corrected chi connectivity index (χ1v) is 11.9. The second kappa shape index (κ2) is 8.75. The van der Waals surface area contributed by atoms with Gasteiger partial charge in [0, 0.05) is 28.9 Å². The van der Waals surface area contributed by atoms with Crippen LogP contribution in [0.3, 0.4) is 0 Å². The van der Waals surface area contributed by atoms with Crippen molar-refractivity contribution in [1.82, 2.24) is 15.0 Å². The molecule has 10 heteroatoms. The van der Waals surface area contributed by atoms with Crippen molar-refractivity contribution in [3.05, 3.63) is 69.1 Å². The van der Waals surface area contributed by atoms with E-state index in [1.807, 2.05) is 13.8 Å². The number of carbonyl (C=O) groups excluding carboxylic acids is 1. The summed E-state index contributed by atoms with van der Waals surface area (Å²) in [5, 5.41) is 13.3. The Morgan fingerprint density at radius 2 is 2.12 bits per heavy atom. The SMILES string of the molecule is Cc1sc(C(=O)c2cncnc2N[C@@H]2C[C@@H](C)[C@@H](O)C2)cc1[C@H]1OCC(F)(F)c2ncccc21. The van der Waals surface area contributed by atoms with Gasteiger partial charge in [-0.25, -0.2) is 9.97 Å². The van der Waals surface area contributed by atoms with Gasteiger partial charge >= 0.3 is 5.92 Å². The van der Waals surface area contributed by atoms with Gasteiger partial charge in [0.2, 0.25) is 5.78 Å². The van der Waals surface area contributed by atoms with Gasteiger partial charge in [-0.3, -0.25) is 9.78 Å². The Morgan fingerprint density at radius 3 is 2.88 bits per heavy atom. The highest BCUT2D eigenvalue weighted by molar-refractivity contribution is 7.14. The normalized spacial score (nSPS) is 25.7. The minimum Gasteiger partial charge on any atom is -0.393 e. The lowest BCUT2D eigenvalue weighted by Gasteiger charge is -2.30. The van der Waals surface area contributed by atoms with Crippen LogP contribution in [0, 0.1) is 12.8 Å². The Balaban J connectivity index is 1.44. The number of ether oxygens (including phenoxy) is 1. The predicted molar refractivity (Wildman–Crippen MR) is 122 cm³/mol. The number of aliphatic hydroxyl groups is 1. The van der Waals surface area contributed by atoms with Crippen LogP contribution < -0.4 is 5.32 Å². The van der Waals surface area contributed by atoms with E-state index in [1.165, 1.54) is 30.1 Å². The van der Waals surface area contributed by atoms with E-state index in [4.69, 9.17) is 4.74 Å². The number of nitrogens with zero attached hydrogens (tertiary/aromatic N) is 3. The summed E-state index contributed by atoms with van der Waals surface area (Å²) in [6.07, 6.45) is 4.43. The van der Waals surface area contributed by atoms with Gasteiger partial charge in [-0.15, -0.1) is 11.3 Å². The van der Waals surface area contributed by atoms with Crippen molar-refractivity contribution in [3.8, 4) is 0 Å². The third kappa shape index (κ3) is 4.10. The van der Waals surface area contributed by atoms with Gasteiger partial charge in [-0.05, 0) is 43.4 Å². The smallest absolute Gasteiger partial charge is 0.312 e. The van der Waals surface area contributed by atoms with Gasteiger partial charge in [0.15, 0.2) is 0 Å². The Hall–Kier alpha value is -2.82. The van der Waals surface area contributed by atoms with Gasteiger partial charge in [-0.1, -0.05) is 13.0 Å². The highest BCUT2D eigenvalue weighted by atomic mass is 32.1. The number of alkyl halides is 2. The third-order valence-corrected chi connectivity index (χ3v) is 7.56. The van der Waals surface area contributed by atoms with Crippen LogP contribution in [0.5, 0.6) is 0 Å². The van der Waals surface area contributed by atoms with Crippen LogP contribution in [0.2, 0.25) is 0 Å². The van der Waals surface area contributed by atoms with E-state index in [0.29, 0.717) is 33.8 Å². The summed E-state index contributed by atoms with van der Waals surface area (Å²) < 4.78 is 34.2. The molecule has 2 N–H and O–H groups in total. The molecule has 0 spiro atoms. The molecule has 0 bridgehead atoms. The molecule has 4 heterocycles. The zero-order valence-electron chi connectivity index (χ0n) is 18.7. The average molecular weight is 487 g/mol. The standard InChI is InChI=1S/C24H24F2N4O3S/c1-12-6-14(7-18(12)31)30-23-17(9-27-11-29-23)20(32)19-8-16(13(2)34-19)21-15-4-3-5-28-22(15)24(25,26)10-33-21/h3-5,8-9,11-12,14,18,21,31H,6-7,10H2,1-2H3,(H,27,29,30)/t12-,14-,18+,21+/m1/s1. The molecule has 4 atom stereocenters. The van der Waals surface area contributed by atoms with Crippen LogP contribution in [0.15, 0.2) is 36.9 Å². The van der Waals surface area contributed by atoms with Gasteiger partial charge in [-0.2, -0.15) is 8.78 Å². The van der Waals surface area contributed by atoms with Gasteiger partial charge in [0.05, 0.1) is 16.5 Å². The first kappa shape index (κ1) is 22.9. The number of halogens is 2. The molecule has 1 aliphatic carbocycles. The Labute approximate surface area is 199 Å². The monoisotopic (exact) mass is 486 g/mol. The molecule has 0 aromatic carbocycles. The van der Waals surface area contributed by atoms with Gasteiger partial charge < -0.3 is 15.2 Å². The second-order valence-corrected chi connectivity index (χ2v) is 10.2. The molecular weight excluding hydrogens is 462 g/mol. The van der Waals surface area contributed by atoms with E-state index in [2.05, 4.69) is 20.3 Å². The number of pyridine rings is 1. The Bertz CT molecular complexity index is 1220. The van der Waals surface area contributed by atoms with E-state index in [9.17, 15) is 18.7 Å². The van der Waals surface area contributed by atoms with Crippen LogP contribution >= 0.6 is 11.3 Å². The van der Waals surface area contributed by atoms with E-state index >= 15 is 0 Å².